The van der Waals surface area contributed by atoms with Gasteiger partial charge in [0.2, 0.25) is 5.91 Å². The third-order valence-electron chi connectivity index (χ3n) is 4.07. The number of benzene rings is 2. The molecule has 0 atom stereocenters. The van der Waals surface area contributed by atoms with Gasteiger partial charge in [-0.25, -0.2) is 9.59 Å². The summed E-state index contributed by atoms with van der Waals surface area (Å²) in [6, 6.07) is 11.5. The van der Waals surface area contributed by atoms with Gasteiger partial charge in [-0.2, -0.15) is 0 Å². The van der Waals surface area contributed by atoms with Crippen molar-refractivity contribution in [2.75, 3.05) is 32.8 Å². The monoisotopic (exact) mass is 415 g/mol. The van der Waals surface area contributed by atoms with Crippen LogP contribution in [0.5, 0.6) is 11.5 Å². The zero-order valence-corrected chi connectivity index (χ0v) is 17.2. The summed E-state index contributed by atoms with van der Waals surface area (Å²) in [7, 11) is 2.48. The zero-order chi connectivity index (χ0) is 21.9. The number of para-hydroxylation sites is 2. The number of hydrogen-bond acceptors (Lipinski definition) is 7. The van der Waals surface area contributed by atoms with Gasteiger partial charge in [0.1, 0.15) is 0 Å². The summed E-state index contributed by atoms with van der Waals surface area (Å²) in [5.74, 6) is -0.282. The van der Waals surface area contributed by atoms with E-state index in [-0.39, 0.29) is 29.1 Å². The third kappa shape index (κ3) is 6.23. The van der Waals surface area contributed by atoms with Gasteiger partial charge in [0.25, 0.3) is 0 Å². The predicted octanol–water partition coefficient (Wildman–Crippen LogP) is 3.46. The Hall–Kier alpha value is -3.55. The molecule has 0 bridgehead atoms. The van der Waals surface area contributed by atoms with Crippen LogP contribution in [0.4, 0.5) is 5.69 Å². The van der Waals surface area contributed by atoms with Crippen LogP contribution in [0.3, 0.4) is 0 Å². The molecule has 0 fully saturated rings. The Morgan fingerprint density at radius 2 is 1.57 bits per heavy atom. The largest absolute Gasteiger partial charge is 0.490 e. The molecule has 1 N–H and O–H groups in total. The molecule has 0 aliphatic carbocycles. The van der Waals surface area contributed by atoms with E-state index in [9.17, 15) is 14.4 Å². The minimum absolute atomic E-state index is 0.139. The minimum Gasteiger partial charge on any atom is -0.490 e. The van der Waals surface area contributed by atoms with Crippen molar-refractivity contribution in [3.8, 4) is 11.5 Å². The maximum Gasteiger partial charge on any atom is 0.339 e. The molecular formula is C22H25NO7. The summed E-state index contributed by atoms with van der Waals surface area (Å²) >= 11 is 0. The van der Waals surface area contributed by atoms with Crippen LogP contribution < -0.4 is 14.8 Å². The molecule has 0 heterocycles. The maximum absolute atomic E-state index is 12.3. The van der Waals surface area contributed by atoms with Gasteiger partial charge in [-0.1, -0.05) is 12.1 Å². The van der Waals surface area contributed by atoms with Crippen LogP contribution in [0.15, 0.2) is 42.5 Å². The fourth-order valence-electron chi connectivity index (χ4n) is 2.65. The summed E-state index contributed by atoms with van der Waals surface area (Å²) in [6.07, 6.45) is 0.594. The minimum atomic E-state index is -0.627. The molecule has 0 unspecified atom stereocenters. The van der Waals surface area contributed by atoms with Gasteiger partial charge in [0.05, 0.1) is 44.2 Å². The Labute approximate surface area is 175 Å². The van der Waals surface area contributed by atoms with E-state index in [0.29, 0.717) is 31.1 Å². The lowest BCUT2D eigenvalue weighted by Gasteiger charge is -2.13. The molecule has 2 aromatic carbocycles. The van der Waals surface area contributed by atoms with E-state index in [2.05, 4.69) is 10.1 Å². The fourth-order valence-corrected chi connectivity index (χ4v) is 2.65. The highest BCUT2D eigenvalue weighted by atomic mass is 16.5. The Morgan fingerprint density at radius 1 is 0.900 bits per heavy atom. The van der Waals surface area contributed by atoms with E-state index in [0.717, 1.165) is 0 Å². The highest BCUT2D eigenvalue weighted by molar-refractivity contribution is 6.03. The number of rotatable bonds is 10. The van der Waals surface area contributed by atoms with E-state index in [1.807, 2.05) is 25.1 Å². The van der Waals surface area contributed by atoms with E-state index in [1.165, 1.54) is 32.4 Å². The molecule has 0 aromatic heterocycles. The molecule has 8 heteroatoms. The first-order valence-corrected chi connectivity index (χ1v) is 9.45. The van der Waals surface area contributed by atoms with Crippen molar-refractivity contribution >= 4 is 23.5 Å². The normalized spacial score (nSPS) is 10.1. The Morgan fingerprint density at radius 3 is 2.20 bits per heavy atom. The first-order valence-electron chi connectivity index (χ1n) is 9.45. The second kappa shape index (κ2) is 11.5. The van der Waals surface area contributed by atoms with Crippen LogP contribution in [0.2, 0.25) is 0 Å². The number of carbonyl (C=O) groups is 3. The SMILES string of the molecule is CCOc1ccccc1OCCCC(=O)Nc1cc(C(=O)OC)ccc1C(=O)OC. The van der Waals surface area contributed by atoms with Crippen molar-refractivity contribution in [1.82, 2.24) is 0 Å². The number of carbonyl (C=O) groups excluding carboxylic acids is 3. The van der Waals surface area contributed by atoms with Gasteiger partial charge in [0, 0.05) is 6.42 Å². The maximum atomic E-state index is 12.3. The van der Waals surface area contributed by atoms with Crippen molar-refractivity contribution in [1.29, 1.82) is 0 Å². The van der Waals surface area contributed by atoms with Gasteiger partial charge in [-0.15, -0.1) is 0 Å². The molecule has 0 spiro atoms. The van der Waals surface area contributed by atoms with Crippen LogP contribution in [0.25, 0.3) is 0 Å². The van der Waals surface area contributed by atoms with Crippen LogP contribution in [-0.2, 0) is 14.3 Å². The quantitative estimate of drug-likeness (QED) is 0.468. The topological polar surface area (TPSA) is 100 Å². The lowest BCUT2D eigenvalue weighted by Crippen LogP contribution is -2.17. The van der Waals surface area contributed by atoms with Gasteiger partial charge in [0.15, 0.2) is 11.5 Å². The van der Waals surface area contributed by atoms with Crippen LogP contribution in [-0.4, -0.2) is 45.3 Å². The Kier molecular flexibility index (Phi) is 8.68. The highest BCUT2D eigenvalue weighted by Crippen LogP contribution is 2.26. The first-order chi connectivity index (χ1) is 14.5. The smallest absolute Gasteiger partial charge is 0.339 e. The molecule has 2 aromatic rings. The van der Waals surface area contributed by atoms with E-state index >= 15 is 0 Å². The zero-order valence-electron chi connectivity index (χ0n) is 17.2. The van der Waals surface area contributed by atoms with E-state index in [4.69, 9.17) is 14.2 Å². The number of methoxy groups -OCH3 is 2. The molecule has 160 valence electrons. The second-order valence-corrected chi connectivity index (χ2v) is 6.12. The van der Waals surface area contributed by atoms with Gasteiger partial charge in [-0.3, -0.25) is 4.79 Å². The molecule has 0 radical (unpaired) electrons. The van der Waals surface area contributed by atoms with Crippen molar-refractivity contribution < 1.29 is 33.3 Å². The predicted molar refractivity (Wildman–Crippen MR) is 110 cm³/mol. The molecule has 30 heavy (non-hydrogen) atoms. The van der Waals surface area contributed by atoms with Gasteiger partial charge < -0.3 is 24.3 Å². The summed E-state index contributed by atoms with van der Waals surface area (Å²) in [6.45, 7) is 2.72. The van der Waals surface area contributed by atoms with Crippen LogP contribution in [0.1, 0.15) is 40.5 Å². The highest BCUT2D eigenvalue weighted by Gasteiger charge is 2.17. The average molecular weight is 415 g/mol. The number of hydrogen-bond donors (Lipinski definition) is 1. The van der Waals surface area contributed by atoms with Crippen LogP contribution >= 0.6 is 0 Å². The van der Waals surface area contributed by atoms with Crippen molar-refractivity contribution in [2.45, 2.75) is 19.8 Å². The van der Waals surface area contributed by atoms with Crippen molar-refractivity contribution in [2.24, 2.45) is 0 Å². The Balaban J connectivity index is 1.97. The average Bonchev–Trinajstić information content (AvgIpc) is 2.76. The molecule has 0 saturated carbocycles. The molecule has 2 rings (SSSR count). The number of esters is 2. The molecule has 0 aliphatic rings. The lowest BCUT2D eigenvalue weighted by molar-refractivity contribution is -0.116. The van der Waals surface area contributed by atoms with Crippen molar-refractivity contribution in [3.05, 3.63) is 53.6 Å². The summed E-state index contributed by atoms with van der Waals surface area (Å²) < 4.78 is 20.6. The number of ether oxygens (including phenoxy) is 4. The number of amides is 1. The fraction of sp³-hybridized carbons (Fsp3) is 0.318. The lowest BCUT2D eigenvalue weighted by atomic mass is 10.1. The second-order valence-electron chi connectivity index (χ2n) is 6.12. The summed E-state index contributed by atoms with van der Waals surface area (Å²) in [4.78, 5) is 36.0. The summed E-state index contributed by atoms with van der Waals surface area (Å²) in [5.41, 5.74) is 0.522. The van der Waals surface area contributed by atoms with Crippen molar-refractivity contribution in [3.63, 3.8) is 0 Å². The standard InChI is InChI=1S/C22H25NO7/c1-4-29-18-8-5-6-9-19(18)30-13-7-10-20(24)23-17-14-15(21(25)27-2)11-12-16(17)22(26)28-3/h5-6,8-9,11-12,14H,4,7,10,13H2,1-3H3,(H,23,24). The third-order valence-corrected chi connectivity index (χ3v) is 4.07. The van der Waals surface area contributed by atoms with Crippen LogP contribution in [0, 0.1) is 0 Å². The molecule has 1 amide bonds. The number of anilines is 1. The Bertz CT molecular complexity index is 895. The molecule has 0 saturated heterocycles. The van der Waals surface area contributed by atoms with E-state index in [1.54, 1.807) is 6.07 Å². The molecule has 0 aliphatic heterocycles. The first kappa shape index (κ1) is 22.7. The number of nitrogens with one attached hydrogen (secondary N) is 1. The van der Waals surface area contributed by atoms with E-state index < -0.39 is 11.9 Å². The van der Waals surface area contributed by atoms with Gasteiger partial charge >= 0.3 is 11.9 Å². The molecular weight excluding hydrogens is 390 g/mol. The summed E-state index contributed by atoms with van der Waals surface area (Å²) in [5, 5.41) is 2.65. The van der Waals surface area contributed by atoms with Gasteiger partial charge in [-0.05, 0) is 43.7 Å². The molecule has 8 nitrogen and oxygen atoms in total.